The monoisotopic (exact) mass is 423 g/mol. The number of ether oxygens (including phenoxy) is 2. The average molecular weight is 424 g/mol. The molecule has 2 saturated heterocycles. The lowest BCUT2D eigenvalue weighted by atomic mass is 10.1. The highest BCUT2D eigenvalue weighted by Crippen LogP contribution is 2.26. The van der Waals surface area contributed by atoms with Crippen molar-refractivity contribution < 1.29 is 9.47 Å². The number of anilines is 2. The summed E-state index contributed by atoms with van der Waals surface area (Å²) in [6.45, 7) is 9.51. The smallest absolute Gasteiger partial charge is 0.213 e. The zero-order chi connectivity index (χ0) is 20.9. The van der Waals surface area contributed by atoms with Crippen molar-refractivity contribution in [1.82, 2.24) is 14.9 Å². The Morgan fingerprint density at radius 3 is 2.52 bits per heavy atom. The van der Waals surface area contributed by atoms with Gasteiger partial charge < -0.3 is 24.2 Å². The van der Waals surface area contributed by atoms with Crippen LogP contribution in [0.15, 0.2) is 30.3 Å². The van der Waals surface area contributed by atoms with Gasteiger partial charge in [-0.25, -0.2) is 9.97 Å². The highest BCUT2D eigenvalue weighted by atomic mass is 16.5. The molecular formula is C24H33N5O2. The molecule has 0 aliphatic carbocycles. The molecule has 0 N–H and O–H groups in total. The van der Waals surface area contributed by atoms with E-state index in [0.29, 0.717) is 0 Å². The number of nitrogens with zero attached hydrogens (tertiary/aromatic N) is 5. The van der Waals surface area contributed by atoms with Gasteiger partial charge in [0.15, 0.2) is 0 Å². The zero-order valence-electron chi connectivity index (χ0n) is 18.3. The summed E-state index contributed by atoms with van der Waals surface area (Å²) in [6, 6.07) is 10.5. The zero-order valence-corrected chi connectivity index (χ0v) is 18.3. The van der Waals surface area contributed by atoms with Gasteiger partial charge in [0.05, 0.1) is 25.5 Å². The molecule has 5 heterocycles. The first-order chi connectivity index (χ1) is 15.3. The van der Waals surface area contributed by atoms with E-state index in [1.807, 2.05) is 6.07 Å². The van der Waals surface area contributed by atoms with Crippen LogP contribution in [-0.4, -0.2) is 74.0 Å². The second-order valence-electron chi connectivity index (χ2n) is 8.63. The topological polar surface area (TPSA) is 54.0 Å². The van der Waals surface area contributed by atoms with E-state index in [1.54, 1.807) is 0 Å². The molecule has 0 aromatic carbocycles. The standard InChI is InChI=1S/C24H33N5O2/c1-2-11-27(10-1)12-4-16-31-24-8-7-20-19-29(13-9-21(20)25-24)23-6-3-5-22(26-23)28-14-17-30-18-15-28/h3,5-8H,1-2,4,9-19H2. The van der Waals surface area contributed by atoms with Gasteiger partial charge in [0.25, 0.3) is 0 Å². The Morgan fingerprint density at radius 1 is 0.871 bits per heavy atom. The maximum absolute atomic E-state index is 5.95. The van der Waals surface area contributed by atoms with Crippen LogP contribution < -0.4 is 14.5 Å². The minimum Gasteiger partial charge on any atom is -0.478 e. The lowest BCUT2D eigenvalue weighted by Crippen LogP contribution is -2.37. The van der Waals surface area contributed by atoms with E-state index >= 15 is 0 Å². The molecule has 2 fully saturated rings. The summed E-state index contributed by atoms with van der Waals surface area (Å²) < 4.78 is 11.4. The molecule has 5 rings (SSSR count). The molecule has 0 saturated carbocycles. The largest absolute Gasteiger partial charge is 0.478 e. The number of pyridine rings is 2. The molecule has 3 aliphatic rings. The number of morpholine rings is 1. The second kappa shape index (κ2) is 9.83. The van der Waals surface area contributed by atoms with Crippen LogP contribution in [0.5, 0.6) is 5.88 Å². The first-order valence-corrected chi connectivity index (χ1v) is 11.7. The Hall–Kier alpha value is -2.38. The van der Waals surface area contributed by atoms with E-state index in [0.717, 1.165) is 88.6 Å². The van der Waals surface area contributed by atoms with Crippen molar-refractivity contribution in [2.45, 2.75) is 32.2 Å². The number of hydrogen-bond donors (Lipinski definition) is 0. The van der Waals surface area contributed by atoms with Crippen LogP contribution in [0.25, 0.3) is 0 Å². The van der Waals surface area contributed by atoms with E-state index < -0.39 is 0 Å². The Labute approximate surface area is 185 Å². The molecule has 2 aromatic heterocycles. The van der Waals surface area contributed by atoms with Crippen LogP contribution in [0.4, 0.5) is 11.6 Å². The Bertz CT molecular complexity index is 865. The summed E-state index contributed by atoms with van der Waals surface area (Å²) in [7, 11) is 0. The molecular weight excluding hydrogens is 390 g/mol. The van der Waals surface area contributed by atoms with Crippen LogP contribution in [0.2, 0.25) is 0 Å². The lowest BCUT2D eigenvalue weighted by Gasteiger charge is -2.32. The average Bonchev–Trinajstić information content (AvgIpc) is 3.36. The third-order valence-electron chi connectivity index (χ3n) is 6.47. The first-order valence-electron chi connectivity index (χ1n) is 11.7. The maximum atomic E-state index is 5.95. The van der Waals surface area contributed by atoms with Crippen LogP contribution in [0.1, 0.15) is 30.5 Å². The molecule has 0 spiro atoms. The maximum Gasteiger partial charge on any atom is 0.213 e. The highest BCUT2D eigenvalue weighted by molar-refractivity contribution is 5.50. The van der Waals surface area contributed by atoms with Gasteiger partial charge in [-0.2, -0.15) is 0 Å². The third-order valence-corrected chi connectivity index (χ3v) is 6.47. The quantitative estimate of drug-likeness (QED) is 0.635. The summed E-state index contributed by atoms with van der Waals surface area (Å²) >= 11 is 0. The van der Waals surface area contributed by atoms with E-state index in [4.69, 9.17) is 19.4 Å². The van der Waals surface area contributed by atoms with Gasteiger partial charge >= 0.3 is 0 Å². The summed E-state index contributed by atoms with van der Waals surface area (Å²) in [6.07, 6.45) is 4.68. The van der Waals surface area contributed by atoms with Crippen molar-refractivity contribution in [1.29, 1.82) is 0 Å². The molecule has 3 aliphatic heterocycles. The van der Waals surface area contributed by atoms with Gasteiger partial charge in [0.1, 0.15) is 11.6 Å². The van der Waals surface area contributed by atoms with Crippen molar-refractivity contribution in [2.24, 2.45) is 0 Å². The van der Waals surface area contributed by atoms with Crippen LogP contribution in [-0.2, 0) is 17.7 Å². The Balaban J connectivity index is 1.17. The van der Waals surface area contributed by atoms with E-state index in [9.17, 15) is 0 Å². The molecule has 2 aromatic rings. The number of fused-ring (bicyclic) bond motifs is 1. The first kappa shape index (κ1) is 20.5. The van der Waals surface area contributed by atoms with Crippen LogP contribution >= 0.6 is 0 Å². The molecule has 7 nitrogen and oxygen atoms in total. The van der Waals surface area contributed by atoms with Gasteiger partial charge in [-0.05, 0) is 50.0 Å². The SMILES string of the molecule is c1cc(N2CCOCC2)nc(N2CCc3nc(OCCCN4CCCC4)ccc3C2)c1. The van der Waals surface area contributed by atoms with Crippen molar-refractivity contribution >= 4 is 11.6 Å². The van der Waals surface area contributed by atoms with Gasteiger partial charge in [0, 0.05) is 45.2 Å². The normalized spacial score (nSPS) is 19.5. The number of rotatable bonds is 7. The van der Waals surface area contributed by atoms with Gasteiger partial charge in [-0.15, -0.1) is 0 Å². The molecule has 7 heteroatoms. The molecule has 0 radical (unpaired) electrons. The highest BCUT2D eigenvalue weighted by Gasteiger charge is 2.21. The second-order valence-corrected chi connectivity index (χ2v) is 8.63. The number of aromatic nitrogens is 2. The van der Waals surface area contributed by atoms with Crippen molar-refractivity contribution in [3.63, 3.8) is 0 Å². The van der Waals surface area contributed by atoms with Gasteiger partial charge in [-0.1, -0.05) is 12.1 Å². The van der Waals surface area contributed by atoms with Crippen LogP contribution in [0.3, 0.4) is 0 Å². The summed E-state index contributed by atoms with van der Waals surface area (Å²) in [4.78, 5) is 16.9. The third kappa shape index (κ3) is 5.10. The van der Waals surface area contributed by atoms with Gasteiger partial charge in [-0.3, -0.25) is 0 Å². The molecule has 0 atom stereocenters. The molecule has 0 unspecified atom stereocenters. The predicted octanol–water partition coefficient (Wildman–Crippen LogP) is 2.74. The van der Waals surface area contributed by atoms with E-state index in [-0.39, 0.29) is 0 Å². The number of hydrogen-bond acceptors (Lipinski definition) is 7. The molecule has 0 amide bonds. The Kier molecular flexibility index (Phi) is 6.51. The fraction of sp³-hybridized carbons (Fsp3) is 0.583. The van der Waals surface area contributed by atoms with E-state index in [1.165, 1.54) is 31.5 Å². The summed E-state index contributed by atoms with van der Waals surface area (Å²) in [5.74, 6) is 2.85. The van der Waals surface area contributed by atoms with E-state index in [2.05, 4.69) is 39.0 Å². The van der Waals surface area contributed by atoms with Crippen LogP contribution in [0, 0.1) is 0 Å². The molecule has 166 valence electrons. The predicted molar refractivity (Wildman–Crippen MR) is 122 cm³/mol. The fourth-order valence-electron chi connectivity index (χ4n) is 4.70. The van der Waals surface area contributed by atoms with Gasteiger partial charge in [0.2, 0.25) is 5.88 Å². The lowest BCUT2D eigenvalue weighted by molar-refractivity contribution is 0.122. The number of likely N-dealkylation sites (tertiary alicyclic amines) is 1. The minimum absolute atomic E-state index is 0.743. The molecule has 31 heavy (non-hydrogen) atoms. The summed E-state index contributed by atoms with van der Waals surface area (Å²) in [5, 5.41) is 0. The van der Waals surface area contributed by atoms with Crippen molar-refractivity contribution in [2.75, 3.05) is 68.9 Å². The fourth-order valence-corrected chi connectivity index (χ4v) is 4.70. The van der Waals surface area contributed by atoms with Crippen molar-refractivity contribution in [3.8, 4) is 5.88 Å². The molecule has 0 bridgehead atoms. The summed E-state index contributed by atoms with van der Waals surface area (Å²) in [5.41, 5.74) is 2.44. The minimum atomic E-state index is 0.743. The van der Waals surface area contributed by atoms with Crippen molar-refractivity contribution in [3.05, 3.63) is 41.6 Å². The Morgan fingerprint density at radius 2 is 1.68 bits per heavy atom.